The summed E-state index contributed by atoms with van der Waals surface area (Å²) < 4.78 is 21.8. The maximum Gasteiger partial charge on any atom is 0.341 e. The van der Waals surface area contributed by atoms with Gasteiger partial charge in [0.2, 0.25) is 5.91 Å². The minimum Gasteiger partial charge on any atom is -0.293 e. The lowest BCUT2D eigenvalue weighted by atomic mass is 10.2. The average molecular weight is 356 g/mol. The Balaban J connectivity index is 3.24. The third kappa shape index (κ3) is 3.24. The van der Waals surface area contributed by atoms with Gasteiger partial charge in [-0.25, -0.2) is 6.14 Å². The molecule has 0 bridgehead atoms. The summed E-state index contributed by atoms with van der Waals surface area (Å²) in [5, 5.41) is 2.22. The van der Waals surface area contributed by atoms with E-state index in [1.165, 1.54) is 18.2 Å². The monoisotopic (exact) mass is 355 g/mol. The van der Waals surface area contributed by atoms with Crippen molar-refractivity contribution in [2.75, 3.05) is 0 Å². The maximum atomic E-state index is 11.5. The molecule has 0 heterocycles. The minimum absolute atomic E-state index is 0.0765. The number of imide groups is 1. The van der Waals surface area contributed by atoms with E-state index in [2.05, 4.69) is 0 Å². The lowest BCUT2D eigenvalue weighted by molar-refractivity contribution is -0.118. The van der Waals surface area contributed by atoms with Gasteiger partial charge in [-0.2, -0.15) is 0 Å². The first kappa shape index (κ1) is 13.0. The number of carbonyl (C=O) groups is 2. The topological polar surface area (TPSA) is 80.3 Å². The van der Waals surface area contributed by atoms with E-state index >= 15 is 0 Å². The number of rotatable bonds is 2. The second-order valence-corrected chi connectivity index (χ2v) is 5.69. The highest BCUT2D eigenvalue weighted by molar-refractivity contribution is 14.2. The lowest BCUT2D eigenvalue weighted by Crippen LogP contribution is -2.28. The van der Waals surface area contributed by atoms with Crippen molar-refractivity contribution in [3.05, 3.63) is 32.4 Å². The van der Waals surface area contributed by atoms with Gasteiger partial charge in [-0.3, -0.25) is 14.9 Å². The van der Waals surface area contributed by atoms with E-state index in [4.69, 9.17) is 11.6 Å². The van der Waals surface area contributed by atoms with E-state index in [1.807, 2.05) is 5.32 Å². The fourth-order valence-corrected chi connectivity index (χ4v) is 2.55. The van der Waals surface area contributed by atoms with Crippen LogP contribution in [0.2, 0.25) is 5.02 Å². The summed E-state index contributed by atoms with van der Waals surface area (Å²) >= 11 is 1.86. The van der Waals surface area contributed by atoms with Crippen LogP contribution in [0.25, 0.3) is 0 Å². The molecule has 1 aromatic rings. The Morgan fingerprint density at radius 3 is 2.44 bits per heavy atom. The van der Waals surface area contributed by atoms with Crippen molar-refractivity contribution in [2.24, 2.45) is 0 Å². The largest absolute Gasteiger partial charge is 0.341 e. The Bertz CT molecular complexity index is 516. The first-order valence-corrected chi connectivity index (χ1v) is 7.30. The molecule has 2 amide bonds. The quantitative estimate of drug-likeness (QED) is 0.823. The Morgan fingerprint density at radius 2 is 1.94 bits per heavy atom. The third-order valence-electron chi connectivity index (χ3n) is 1.63. The Kier molecular flexibility index (Phi) is 4.36. The average Bonchev–Trinajstić information content (AvgIpc) is 2.15. The molecule has 0 aromatic heterocycles. The van der Waals surface area contributed by atoms with Crippen LogP contribution in [0.4, 0.5) is 0 Å². The summed E-state index contributed by atoms with van der Waals surface area (Å²) in [4.78, 5) is 22.2. The second-order valence-electron chi connectivity index (χ2n) is 2.85. The molecule has 1 N–H and O–H groups in total. The molecular weight excluding hydrogens is 348 g/mol. The standard InChI is InChI=1S/C9H7ClINO4/c1-5(13)12-9(14)7-4-6(10)2-3-8(7)11(15)16/h2-4H,1H3,(H,12,13,14). The molecule has 0 radical (unpaired) electrons. The molecule has 0 atom stereocenters. The van der Waals surface area contributed by atoms with Crippen molar-refractivity contribution in [1.82, 2.24) is 5.32 Å². The third-order valence-corrected chi connectivity index (χ3v) is 3.75. The minimum atomic E-state index is -3.79. The predicted molar refractivity (Wildman–Crippen MR) is 63.7 cm³/mol. The number of amides is 2. The van der Waals surface area contributed by atoms with Gasteiger partial charge in [-0.1, -0.05) is 11.6 Å². The summed E-state index contributed by atoms with van der Waals surface area (Å²) in [5.41, 5.74) is -0.0992. The van der Waals surface area contributed by atoms with Crippen molar-refractivity contribution >= 4 is 43.2 Å². The first-order chi connectivity index (χ1) is 7.41. The number of hydrogen-bond donors (Lipinski definition) is 1. The van der Waals surface area contributed by atoms with E-state index in [0.29, 0.717) is 0 Å². The Labute approximate surface area is 103 Å². The zero-order chi connectivity index (χ0) is 12.3. The molecule has 0 saturated carbocycles. The molecule has 1 rings (SSSR count). The zero-order valence-corrected chi connectivity index (χ0v) is 11.0. The summed E-state index contributed by atoms with van der Waals surface area (Å²) in [5.74, 6) is -1.33. The van der Waals surface area contributed by atoms with Gasteiger partial charge >= 0.3 is 19.8 Å². The Morgan fingerprint density at radius 1 is 1.31 bits per heavy atom. The van der Waals surface area contributed by atoms with Crippen LogP contribution in [0.5, 0.6) is 0 Å². The van der Waals surface area contributed by atoms with Gasteiger partial charge in [-0.05, 0) is 18.2 Å². The van der Waals surface area contributed by atoms with Gasteiger partial charge in [0, 0.05) is 11.9 Å². The van der Waals surface area contributed by atoms with Gasteiger partial charge in [0.05, 0.1) is 9.13 Å². The van der Waals surface area contributed by atoms with Crippen LogP contribution >= 0.6 is 31.4 Å². The lowest BCUT2D eigenvalue weighted by Gasteiger charge is -2.03. The van der Waals surface area contributed by atoms with Crippen LogP contribution in [0, 0.1) is 3.57 Å². The van der Waals surface area contributed by atoms with Crippen LogP contribution in [0.3, 0.4) is 0 Å². The number of nitrogens with one attached hydrogen (secondary N) is 1. The van der Waals surface area contributed by atoms with Crippen molar-refractivity contribution in [3.63, 3.8) is 0 Å². The molecule has 86 valence electrons. The summed E-state index contributed by atoms with van der Waals surface area (Å²) in [6.45, 7) is 1.16. The van der Waals surface area contributed by atoms with E-state index in [0.717, 1.165) is 6.92 Å². The highest BCUT2D eigenvalue weighted by atomic mass is 127. The first-order valence-electron chi connectivity index (χ1n) is 4.08. The van der Waals surface area contributed by atoms with E-state index in [9.17, 15) is 15.7 Å². The van der Waals surface area contributed by atoms with Crippen LogP contribution in [-0.2, 0) is 10.9 Å². The van der Waals surface area contributed by atoms with Gasteiger partial charge in [0.1, 0.15) is 0 Å². The smallest absolute Gasteiger partial charge is 0.293 e. The normalized spacial score (nSPS) is 10.2. The zero-order valence-electron chi connectivity index (χ0n) is 8.12. The molecule has 0 aliphatic heterocycles. The molecule has 5 nitrogen and oxygen atoms in total. The highest BCUT2D eigenvalue weighted by Crippen LogP contribution is 2.24. The number of hydrogen-bond acceptors (Lipinski definition) is 4. The molecule has 0 aliphatic carbocycles. The molecule has 0 spiro atoms. The number of halogens is 2. The van der Waals surface area contributed by atoms with Gasteiger partial charge in [0.15, 0.2) is 0 Å². The molecule has 0 fully saturated rings. The molecule has 0 aliphatic rings. The second kappa shape index (κ2) is 5.35. The van der Waals surface area contributed by atoms with Crippen LogP contribution < -0.4 is 5.32 Å². The molecule has 0 unspecified atom stereocenters. The van der Waals surface area contributed by atoms with Crippen LogP contribution in [-0.4, -0.2) is 11.8 Å². The molecule has 0 saturated heterocycles. The van der Waals surface area contributed by atoms with Crippen molar-refractivity contribution in [1.29, 1.82) is 0 Å². The van der Waals surface area contributed by atoms with Crippen LogP contribution in [0.1, 0.15) is 17.3 Å². The van der Waals surface area contributed by atoms with E-state index in [-0.39, 0.29) is 14.2 Å². The SMILES string of the molecule is CC(=O)NC(=O)c1cc(Cl)ccc1I(=O)=O. The van der Waals surface area contributed by atoms with Gasteiger partial charge in [0.25, 0.3) is 5.91 Å². The maximum absolute atomic E-state index is 11.5. The van der Waals surface area contributed by atoms with E-state index in [1.54, 1.807) is 0 Å². The van der Waals surface area contributed by atoms with Gasteiger partial charge < -0.3 is 0 Å². The Hall–Kier alpha value is -1.02. The summed E-state index contributed by atoms with van der Waals surface area (Å²) in [6, 6.07) is 3.85. The van der Waals surface area contributed by atoms with Crippen molar-refractivity contribution in [2.45, 2.75) is 6.92 Å². The van der Waals surface area contributed by atoms with Crippen LogP contribution in [0.15, 0.2) is 18.2 Å². The fraction of sp³-hybridized carbons (Fsp3) is 0.111. The summed E-state index contributed by atoms with van der Waals surface area (Å²) in [6.07, 6.45) is 0. The predicted octanol–water partition coefficient (Wildman–Crippen LogP) is 1.98. The molecular formula is C9H7ClINO4. The molecule has 16 heavy (non-hydrogen) atoms. The number of benzene rings is 1. The fourth-order valence-electron chi connectivity index (χ4n) is 1.03. The number of carbonyl (C=O) groups excluding carboxylic acids is 2. The highest BCUT2D eigenvalue weighted by Gasteiger charge is 2.16. The van der Waals surface area contributed by atoms with Gasteiger partial charge in [-0.15, -0.1) is 0 Å². The molecule has 7 heteroatoms. The van der Waals surface area contributed by atoms with Crippen molar-refractivity contribution in [3.8, 4) is 0 Å². The van der Waals surface area contributed by atoms with Crippen molar-refractivity contribution < 1.29 is 15.7 Å². The summed E-state index contributed by atoms with van der Waals surface area (Å²) in [7, 11) is 0. The van der Waals surface area contributed by atoms with E-state index < -0.39 is 31.6 Å². The molecule has 1 aromatic carbocycles.